The highest BCUT2D eigenvalue weighted by molar-refractivity contribution is 9.10. The second-order valence-electron chi connectivity index (χ2n) is 2.77. The van der Waals surface area contributed by atoms with E-state index in [0.717, 1.165) is 20.1 Å². The maximum absolute atomic E-state index is 3.42. The van der Waals surface area contributed by atoms with E-state index < -0.39 is 0 Å². The molecule has 4 heteroatoms. The molecule has 0 unspecified atom stereocenters. The van der Waals surface area contributed by atoms with Crippen LogP contribution >= 0.6 is 54.5 Å². The van der Waals surface area contributed by atoms with Gasteiger partial charge in [0.15, 0.2) is 0 Å². The van der Waals surface area contributed by atoms with E-state index in [1.165, 1.54) is 0 Å². The number of hydrogen-bond donors (Lipinski definition) is 0. The van der Waals surface area contributed by atoms with Gasteiger partial charge < -0.3 is 0 Å². The zero-order valence-electron chi connectivity index (χ0n) is 7.88. The van der Waals surface area contributed by atoms with Gasteiger partial charge in [0.2, 0.25) is 0 Å². The molecule has 2 aromatic rings. The molecule has 0 amide bonds. The fraction of sp³-hybridized carbons (Fsp3) is 0. The second kappa shape index (κ2) is 5.70. The minimum Gasteiger partial charge on any atom is -0.150 e. The summed E-state index contributed by atoms with van der Waals surface area (Å²) in [4.78, 5) is 0. The largest absolute Gasteiger partial charge is 0.150 e. The van der Waals surface area contributed by atoms with E-state index in [1.54, 1.807) is 22.7 Å². The summed E-state index contributed by atoms with van der Waals surface area (Å²) in [5, 5.41) is 8.01. The van der Waals surface area contributed by atoms with Crippen LogP contribution in [0.3, 0.4) is 0 Å². The van der Waals surface area contributed by atoms with Gasteiger partial charge in [0.25, 0.3) is 0 Å². The molecule has 0 radical (unpaired) electrons. The average Bonchev–Trinajstić information content (AvgIpc) is 2.84. The normalized spacial score (nSPS) is 8.88. The van der Waals surface area contributed by atoms with Crippen molar-refractivity contribution in [1.29, 1.82) is 0 Å². The van der Waals surface area contributed by atoms with Crippen LogP contribution in [0.25, 0.3) is 0 Å². The van der Waals surface area contributed by atoms with E-state index in [-0.39, 0.29) is 0 Å². The number of hydrogen-bond acceptors (Lipinski definition) is 2. The molecule has 0 aliphatic carbocycles. The van der Waals surface area contributed by atoms with Crippen LogP contribution in [-0.2, 0) is 0 Å². The standard InChI is InChI=1S/C12H4Br2S2/c13-11-7-15-5-9(11)3-1-2-4-10-6-16-8-12(10)14/h5-8H. The van der Waals surface area contributed by atoms with Crippen molar-refractivity contribution in [2.45, 2.75) is 0 Å². The lowest BCUT2D eigenvalue weighted by molar-refractivity contribution is 1.76. The van der Waals surface area contributed by atoms with Gasteiger partial charge in [-0.2, -0.15) is 0 Å². The van der Waals surface area contributed by atoms with E-state index in [2.05, 4.69) is 55.5 Å². The van der Waals surface area contributed by atoms with Crippen LogP contribution < -0.4 is 0 Å². The molecular weight excluding hydrogens is 368 g/mol. The zero-order chi connectivity index (χ0) is 11.4. The maximum atomic E-state index is 3.42. The molecule has 0 aliphatic rings. The van der Waals surface area contributed by atoms with Crippen LogP contribution in [0.1, 0.15) is 11.1 Å². The van der Waals surface area contributed by atoms with Crippen LogP contribution in [-0.4, -0.2) is 0 Å². The third kappa shape index (κ3) is 2.99. The van der Waals surface area contributed by atoms with Gasteiger partial charge in [-0.3, -0.25) is 0 Å². The lowest BCUT2D eigenvalue weighted by Crippen LogP contribution is -1.67. The lowest BCUT2D eigenvalue weighted by atomic mass is 10.3. The second-order valence-corrected chi connectivity index (χ2v) is 5.96. The average molecular weight is 372 g/mol. The van der Waals surface area contributed by atoms with Gasteiger partial charge in [-0.15, -0.1) is 22.7 Å². The third-order valence-corrected chi connectivity index (χ3v) is 5.09. The number of rotatable bonds is 0. The lowest BCUT2D eigenvalue weighted by Gasteiger charge is -1.80. The molecule has 0 bridgehead atoms. The van der Waals surface area contributed by atoms with Crippen molar-refractivity contribution in [2.75, 3.05) is 0 Å². The highest BCUT2D eigenvalue weighted by atomic mass is 79.9. The highest BCUT2D eigenvalue weighted by Gasteiger charge is 1.95. The highest BCUT2D eigenvalue weighted by Crippen LogP contribution is 2.20. The number of thiophene rings is 2. The molecule has 2 rings (SSSR count). The minimum atomic E-state index is 0.990. The minimum absolute atomic E-state index is 0.990. The van der Waals surface area contributed by atoms with E-state index in [1.807, 2.05) is 21.5 Å². The summed E-state index contributed by atoms with van der Waals surface area (Å²) in [5.41, 5.74) is 1.98. The van der Waals surface area contributed by atoms with Crippen molar-refractivity contribution in [2.24, 2.45) is 0 Å². The van der Waals surface area contributed by atoms with Crippen LogP contribution in [0.5, 0.6) is 0 Å². The van der Waals surface area contributed by atoms with Gasteiger partial charge in [0.05, 0.1) is 11.1 Å². The summed E-state index contributed by atoms with van der Waals surface area (Å²) in [5.74, 6) is 11.7. The molecule has 78 valence electrons. The Kier molecular flexibility index (Phi) is 4.26. The molecule has 2 heterocycles. The quantitative estimate of drug-likeness (QED) is 0.587. The Labute approximate surface area is 119 Å². The van der Waals surface area contributed by atoms with Gasteiger partial charge >= 0.3 is 0 Å². The Balaban J connectivity index is 2.15. The van der Waals surface area contributed by atoms with Crippen LogP contribution in [0.4, 0.5) is 0 Å². The van der Waals surface area contributed by atoms with Gasteiger partial charge in [0, 0.05) is 30.5 Å². The molecule has 0 aliphatic heterocycles. The molecule has 0 atom stereocenters. The first-order valence-electron chi connectivity index (χ1n) is 4.23. The molecule has 0 saturated heterocycles. The van der Waals surface area contributed by atoms with Crippen molar-refractivity contribution in [3.63, 3.8) is 0 Å². The predicted molar refractivity (Wildman–Crippen MR) is 77.8 cm³/mol. The molecule has 0 fully saturated rings. The van der Waals surface area contributed by atoms with Crippen molar-refractivity contribution in [3.8, 4) is 23.7 Å². The Morgan fingerprint density at radius 3 is 1.50 bits per heavy atom. The molecular formula is C12H4Br2S2. The fourth-order valence-corrected chi connectivity index (χ4v) is 3.59. The van der Waals surface area contributed by atoms with E-state index >= 15 is 0 Å². The molecule has 2 aromatic heterocycles. The van der Waals surface area contributed by atoms with Crippen molar-refractivity contribution < 1.29 is 0 Å². The molecule has 0 spiro atoms. The first-order chi connectivity index (χ1) is 7.77. The molecule has 0 N–H and O–H groups in total. The monoisotopic (exact) mass is 370 g/mol. The van der Waals surface area contributed by atoms with Gasteiger partial charge in [-0.25, -0.2) is 0 Å². The molecule has 16 heavy (non-hydrogen) atoms. The van der Waals surface area contributed by atoms with E-state index in [4.69, 9.17) is 0 Å². The molecule has 0 aromatic carbocycles. The van der Waals surface area contributed by atoms with E-state index in [9.17, 15) is 0 Å². The van der Waals surface area contributed by atoms with Crippen molar-refractivity contribution in [3.05, 3.63) is 41.6 Å². The zero-order valence-corrected chi connectivity index (χ0v) is 12.7. The Morgan fingerprint density at radius 1 is 0.750 bits per heavy atom. The van der Waals surface area contributed by atoms with Crippen LogP contribution in [0, 0.1) is 23.7 Å². The fourth-order valence-electron chi connectivity index (χ4n) is 0.939. The summed E-state index contributed by atoms with van der Waals surface area (Å²) >= 11 is 10.1. The van der Waals surface area contributed by atoms with Crippen LogP contribution in [0.15, 0.2) is 30.5 Å². The van der Waals surface area contributed by atoms with E-state index in [0.29, 0.717) is 0 Å². The molecule has 0 nitrogen and oxygen atoms in total. The summed E-state index contributed by atoms with van der Waals surface area (Å²) < 4.78 is 2.06. The number of halogens is 2. The first-order valence-corrected chi connectivity index (χ1v) is 7.70. The Morgan fingerprint density at radius 2 is 1.19 bits per heavy atom. The van der Waals surface area contributed by atoms with Gasteiger partial charge in [-0.05, 0) is 43.7 Å². The van der Waals surface area contributed by atoms with Crippen LogP contribution in [0.2, 0.25) is 0 Å². The smallest absolute Gasteiger partial charge is 0.0504 e. The van der Waals surface area contributed by atoms with Gasteiger partial charge in [-0.1, -0.05) is 11.8 Å². The topological polar surface area (TPSA) is 0 Å². The molecule has 0 saturated carbocycles. The first kappa shape index (κ1) is 12.0. The van der Waals surface area contributed by atoms with Crippen molar-refractivity contribution >= 4 is 54.5 Å². The SMILES string of the molecule is Brc1cscc1C#CC#Cc1cscc1Br. The summed E-state index contributed by atoms with van der Waals surface area (Å²) in [6, 6.07) is 0. The van der Waals surface area contributed by atoms with Gasteiger partial charge in [0.1, 0.15) is 0 Å². The maximum Gasteiger partial charge on any atom is 0.0504 e. The Bertz CT molecular complexity index is 558. The summed E-state index contributed by atoms with van der Waals surface area (Å²) in [6.07, 6.45) is 0. The summed E-state index contributed by atoms with van der Waals surface area (Å²) in [6.45, 7) is 0. The third-order valence-electron chi connectivity index (χ3n) is 1.69. The Hall–Kier alpha value is -0.520. The van der Waals surface area contributed by atoms with Crippen molar-refractivity contribution in [1.82, 2.24) is 0 Å². The summed E-state index contributed by atoms with van der Waals surface area (Å²) in [7, 11) is 0. The predicted octanol–water partition coefficient (Wildman–Crippen LogP) is 4.74.